The Morgan fingerprint density at radius 1 is 0.958 bits per heavy atom. The lowest BCUT2D eigenvalue weighted by Gasteiger charge is -2.32. The Balaban J connectivity index is 2.16. The summed E-state index contributed by atoms with van der Waals surface area (Å²) in [7, 11) is 0. The molecule has 0 radical (unpaired) electrons. The Morgan fingerprint density at radius 2 is 1.46 bits per heavy atom. The van der Waals surface area contributed by atoms with Crippen LogP contribution in [0, 0.1) is 5.92 Å². The number of carbonyl (C=O) groups excluding carboxylic acids is 2. The molecule has 0 aromatic heterocycles. The molecular formula is C19H25NO4. The van der Waals surface area contributed by atoms with Crippen LogP contribution in [0.3, 0.4) is 0 Å². The van der Waals surface area contributed by atoms with Crippen LogP contribution in [0.5, 0.6) is 0 Å². The first-order chi connectivity index (χ1) is 11.2. The summed E-state index contributed by atoms with van der Waals surface area (Å²) in [6.45, 7) is 10.8. The lowest BCUT2D eigenvalue weighted by atomic mass is 9.99. The van der Waals surface area contributed by atoms with Gasteiger partial charge in [-0.1, -0.05) is 44.2 Å². The van der Waals surface area contributed by atoms with Crippen molar-refractivity contribution in [1.82, 2.24) is 4.90 Å². The summed E-state index contributed by atoms with van der Waals surface area (Å²) in [5.41, 5.74) is 1.14. The molecule has 5 nitrogen and oxygen atoms in total. The zero-order valence-electron chi connectivity index (χ0n) is 15.1. The van der Waals surface area contributed by atoms with Crippen LogP contribution in [-0.2, 0) is 25.0 Å². The molecule has 1 heterocycles. The van der Waals surface area contributed by atoms with Gasteiger partial charge in [-0.3, -0.25) is 9.59 Å². The topological polar surface area (TPSA) is 55.8 Å². The van der Waals surface area contributed by atoms with E-state index < -0.39 is 11.8 Å². The van der Waals surface area contributed by atoms with Crippen LogP contribution in [0.2, 0.25) is 0 Å². The second kappa shape index (κ2) is 6.87. The largest absolute Gasteiger partial charge is 0.269 e. The Hall–Kier alpha value is -1.98. The monoisotopic (exact) mass is 331 g/mol. The van der Waals surface area contributed by atoms with Crippen LogP contribution < -0.4 is 0 Å². The van der Waals surface area contributed by atoms with Gasteiger partial charge in [0.2, 0.25) is 0 Å². The van der Waals surface area contributed by atoms with Crippen molar-refractivity contribution < 1.29 is 19.4 Å². The average Bonchev–Trinajstić information content (AvgIpc) is 2.73. The minimum Gasteiger partial charge on any atom is -0.269 e. The molecule has 0 fully saturated rings. The molecule has 1 atom stereocenters. The van der Waals surface area contributed by atoms with Gasteiger partial charge in [-0.15, -0.1) is 0 Å². The summed E-state index contributed by atoms with van der Waals surface area (Å²) in [5, 5.41) is 0. The first-order valence-electron chi connectivity index (χ1n) is 8.12. The fraction of sp³-hybridized carbons (Fsp3) is 0.474. The average molecular weight is 331 g/mol. The third-order valence-corrected chi connectivity index (χ3v) is 4.29. The molecule has 1 aliphatic heterocycles. The van der Waals surface area contributed by atoms with Gasteiger partial charge in [-0.05, 0) is 33.3 Å². The highest BCUT2D eigenvalue weighted by Gasteiger charge is 2.41. The van der Waals surface area contributed by atoms with E-state index in [1.807, 2.05) is 58.0 Å². The van der Waals surface area contributed by atoms with Crippen molar-refractivity contribution in [2.24, 2.45) is 5.92 Å². The maximum Gasteiger partial charge on any atom is 0.259 e. The van der Waals surface area contributed by atoms with Gasteiger partial charge in [-0.25, -0.2) is 14.7 Å². The number of hydrogen-bond acceptors (Lipinski definition) is 4. The molecule has 130 valence electrons. The van der Waals surface area contributed by atoms with Gasteiger partial charge >= 0.3 is 0 Å². The molecule has 0 saturated carbocycles. The number of hydrogen-bond donors (Lipinski definition) is 0. The maximum atomic E-state index is 12.4. The van der Waals surface area contributed by atoms with Crippen LogP contribution >= 0.6 is 0 Å². The van der Waals surface area contributed by atoms with E-state index in [1.54, 1.807) is 13.8 Å². The summed E-state index contributed by atoms with van der Waals surface area (Å²) in [4.78, 5) is 37.2. The molecule has 2 rings (SSSR count). The molecule has 2 amide bonds. The molecule has 0 aliphatic carbocycles. The van der Waals surface area contributed by atoms with Crippen molar-refractivity contribution in [3.8, 4) is 0 Å². The van der Waals surface area contributed by atoms with E-state index in [2.05, 4.69) is 0 Å². The molecule has 0 bridgehead atoms. The Labute approximate surface area is 143 Å². The summed E-state index contributed by atoms with van der Waals surface area (Å²) in [5.74, 6) is -0.752. The van der Waals surface area contributed by atoms with Crippen molar-refractivity contribution in [3.63, 3.8) is 0 Å². The normalized spacial score (nSPS) is 17.2. The Kier molecular flexibility index (Phi) is 5.26. The molecule has 1 aliphatic rings. The van der Waals surface area contributed by atoms with Crippen LogP contribution in [0.4, 0.5) is 0 Å². The SMILES string of the molecule is CC1=C(C)C(=O)N(C(OOC(C)(C)c2ccccc2)C(C)C)C1=O. The van der Waals surface area contributed by atoms with Gasteiger partial charge in [-0.2, -0.15) is 0 Å². The molecular weight excluding hydrogens is 306 g/mol. The van der Waals surface area contributed by atoms with Gasteiger partial charge in [0.25, 0.3) is 11.8 Å². The zero-order chi connectivity index (χ0) is 18.1. The predicted molar refractivity (Wildman–Crippen MR) is 90.5 cm³/mol. The van der Waals surface area contributed by atoms with Gasteiger partial charge in [0.15, 0.2) is 6.23 Å². The number of amides is 2. The molecule has 5 heteroatoms. The quantitative estimate of drug-likeness (QED) is 0.454. The minimum absolute atomic E-state index is 0.108. The summed E-state index contributed by atoms with van der Waals surface area (Å²) in [6, 6.07) is 9.65. The fourth-order valence-electron chi connectivity index (χ4n) is 2.52. The van der Waals surface area contributed by atoms with Gasteiger partial charge in [0, 0.05) is 17.1 Å². The van der Waals surface area contributed by atoms with Crippen molar-refractivity contribution in [1.29, 1.82) is 0 Å². The molecule has 0 spiro atoms. The van der Waals surface area contributed by atoms with Crippen molar-refractivity contribution in [2.75, 3.05) is 0 Å². The third kappa shape index (κ3) is 3.42. The van der Waals surface area contributed by atoms with Crippen molar-refractivity contribution in [3.05, 3.63) is 47.0 Å². The summed E-state index contributed by atoms with van der Waals surface area (Å²) < 4.78 is 0. The standard InChI is InChI=1S/C19H25NO4/c1-12(2)18(20-16(21)13(3)14(4)17(20)22)23-24-19(5,6)15-10-8-7-9-11-15/h7-12,18H,1-6H3. The highest BCUT2D eigenvalue weighted by molar-refractivity contribution is 6.18. The molecule has 1 unspecified atom stereocenters. The van der Waals surface area contributed by atoms with Crippen LogP contribution in [-0.4, -0.2) is 22.9 Å². The van der Waals surface area contributed by atoms with Gasteiger partial charge in [0.1, 0.15) is 5.60 Å². The van der Waals surface area contributed by atoms with Gasteiger partial charge < -0.3 is 0 Å². The molecule has 1 aromatic carbocycles. The minimum atomic E-state index is -0.777. The number of rotatable bonds is 6. The highest BCUT2D eigenvalue weighted by atomic mass is 17.2. The predicted octanol–water partition coefficient (Wildman–Crippen LogP) is 3.56. The van der Waals surface area contributed by atoms with Crippen LogP contribution in [0.25, 0.3) is 0 Å². The van der Waals surface area contributed by atoms with E-state index in [4.69, 9.17) is 9.78 Å². The van der Waals surface area contributed by atoms with Crippen LogP contribution in [0.1, 0.15) is 47.1 Å². The van der Waals surface area contributed by atoms with Crippen molar-refractivity contribution >= 4 is 11.8 Å². The second-order valence-corrected chi connectivity index (χ2v) is 6.92. The first kappa shape index (κ1) is 18.4. The van der Waals surface area contributed by atoms with Crippen molar-refractivity contribution in [2.45, 2.75) is 53.4 Å². The molecule has 0 saturated heterocycles. The second-order valence-electron chi connectivity index (χ2n) is 6.92. The lowest BCUT2D eigenvalue weighted by Crippen LogP contribution is -2.46. The zero-order valence-corrected chi connectivity index (χ0v) is 15.1. The summed E-state index contributed by atoms with van der Waals surface area (Å²) >= 11 is 0. The highest BCUT2D eigenvalue weighted by Crippen LogP contribution is 2.30. The van der Waals surface area contributed by atoms with E-state index in [0.717, 1.165) is 10.5 Å². The van der Waals surface area contributed by atoms with Crippen LogP contribution in [0.15, 0.2) is 41.5 Å². The van der Waals surface area contributed by atoms with Gasteiger partial charge in [0.05, 0.1) is 0 Å². The lowest BCUT2D eigenvalue weighted by molar-refractivity contribution is -0.402. The number of benzene rings is 1. The first-order valence-corrected chi connectivity index (χ1v) is 8.12. The fourth-order valence-corrected chi connectivity index (χ4v) is 2.52. The van der Waals surface area contributed by atoms with E-state index >= 15 is 0 Å². The third-order valence-electron chi connectivity index (χ3n) is 4.29. The van der Waals surface area contributed by atoms with E-state index in [1.165, 1.54) is 0 Å². The number of nitrogens with zero attached hydrogens (tertiary/aromatic N) is 1. The molecule has 24 heavy (non-hydrogen) atoms. The number of imide groups is 1. The van der Waals surface area contributed by atoms with E-state index in [9.17, 15) is 9.59 Å². The maximum absolute atomic E-state index is 12.4. The smallest absolute Gasteiger partial charge is 0.259 e. The Morgan fingerprint density at radius 3 is 1.92 bits per heavy atom. The van der Waals surface area contributed by atoms with E-state index in [-0.39, 0.29) is 17.7 Å². The molecule has 1 aromatic rings. The number of carbonyl (C=O) groups is 2. The molecule has 0 N–H and O–H groups in total. The van der Waals surface area contributed by atoms with E-state index in [0.29, 0.717) is 11.1 Å². The Bertz CT molecular complexity index is 637. The summed E-state index contributed by atoms with van der Waals surface area (Å²) in [6.07, 6.45) is -0.777.